The molecule has 1 N–H and O–H groups in total. The van der Waals surface area contributed by atoms with Gasteiger partial charge in [-0.1, -0.05) is 25.0 Å². The summed E-state index contributed by atoms with van der Waals surface area (Å²) in [6, 6.07) is 8.04. The van der Waals surface area contributed by atoms with Gasteiger partial charge in [-0.15, -0.1) is 0 Å². The van der Waals surface area contributed by atoms with Crippen LogP contribution in [0.1, 0.15) is 38.2 Å². The maximum Gasteiger partial charge on any atom is 0.239 e. The average molecular weight is 318 g/mol. The number of hydrogen-bond acceptors (Lipinski definition) is 3. The topological polar surface area (TPSA) is 58.6 Å². The molecule has 1 saturated carbocycles. The number of hydrogen-bond donors (Lipinski definition) is 1. The Labute approximate surface area is 138 Å². The standard InChI is InChI=1S/C18H26N2O3/c1-14(21)20(16-7-3-4-8-16)13-18(22)19-11-10-15-6-5-9-17(12-15)23-2/h5-6,9,12,16H,3-4,7-8,10-11,13H2,1-2H3,(H,19,22). The third-order valence-corrected chi connectivity index (χ3v) is 4.35. The van der Waals surface area contributed by atoms with Gasteiger partial charge >= 0.3 is 0 Å². The molecule has 5 heteroatoms. The Balaban J connectivity index is 1.78. The van der Waals surface area contributed by atoms with Crippen molar-refractivity contribution >= 4 is 11.8 Å². The lowest BCUT2D eigenvalue weighted by Crippen LogP contribution is -2.44. The Morgan fingerprint density at radius 1 is 1.30 bits per heavy atom. The van der Waals surface area contributed by atoms with Crippen molar-refractivity contribution in [3.8, 4) is 5.75 Å². The van der Waals surface area contributed by atoms with Crippen LogP contribution in [-0.2, 0) is 16.0 Å². The molecule has 1 aliphatic rings. The number of nitrogens with zero attached hydrogens (tertiary/aromatic N) is 1. The van der Waals surface area contributed by atoms with Gasteiger partial charge in [0.1, 0.15) is 5.75 Å². The highest BCUT2D eigenvalue weighted by molar-refractivity contribution is 5.84. The summed E-state index contributed by atoms with van der Waals surface area (Å²) in [4.78, 5) is 25.6. The number of amides is 2. The molecular weight excluding hydrogens is 292 g/mol. The Morgan fingerprint density at radius 3 is 2.70 bits per heavy atom. The third-order valence-electron chi connectivity index (χ3n) is 4.35. The van der Waals surface area contributed by atoms with Crippen LogP contribution in [0.4, 0.5) is 0 Å². The van der Waals surface area contributed by atoms with E-state index in [0.29, 0.717) is 6.54 Å². The van der Waals surface area contributed by atoms with Crippen LogP contribution < -0.4 is 10.1 Å². The summed E-state index contributed by atoms with van der Waals surface area (Å²) < 4.78 is 5.19. The molecule has 0 aliphatic heterocycles. The number of carbonyl (C=O) groups excluding carboxylic acids is 2. The van der Waals surface area contributed by atoms with Gasteiger partial charge in [-0.05, 0) is 37.0 Å². The molecule has 2 amide bonds. The molecular formula is C18H26N2O3. The first-order valence-corrected chi connectivity index (χ1v) is 8.27. The van der Waals surface area contributed by atoms with Crippen LogP contribution in [0.25, 0.3) is 0 Å². The zero-order chi connectivity index (χ0) is 16.7. The van der Waals surface area contributed by atoms with Crippen molar-refractivity contribution in [3.05, 3.63) is 29.8 Å². The first-order valence-electron chi connectivity index (χ1n) is 8.27. The van der Waals surface area contributed by atoms with Crippen LogP contribution in [0.5, 0.6) is 5.75 Å². The minimum absolute atomic E-state index is 0.0140. The molecule has 0 bridgehead atoms. The fraction of sp³-hybridized carbons (Fsp3) is 0.556. The number of benzene rings is 1. The first kappa shape index (κ1) is 17.3. The maximum absolute atomic E-state index is 12.1. The number of carbonyl (C=O) groups is 2. The highest BCUT2D eigenvalue weighted by Gasteiger charge is 2.26. The monoisotopic (exact) mass is 318 g/mol. The summed E-state index contributed by atoms with van der Waals surface area (Å²) in [5, 5.41) is 2.90. The van der Waals surface area contributed by atoms with Crippen molar-refractivity contribution in [2.75, 3.05) is 20.2 Å². The van der Waals surface area contributed by atoms with E-state index in [2.05, 4.69) is 5.32 Å². The summed E-state index contributed by atoms with van der Waals surface area (Å²) >= 11 is 0. The van der Waals surface area contributed by atoms with Crippen LogP contribution >= 0.6 is 0 Å². The maximum atomic E-state index is 12.1. The van der Waals surface area contributed by atoms with Gasteiger partial charge in [0.2, 0.25) is 11.8 Å². The van der Waals surface area contributed by atoms with Crippen molar-refractivity contribution < 1.29 is 14.3 Å². The van der Waals surface area contributed by atoms with Crippen LogP contribution in [0, 0.1) is 0 Å². The van der Waals surface area contributed by atoms with Gasteiger partial charge in [0.25, 0.3) is 0 Å². The summed E-state index contributed by atoms with van der Waals surface area (Å²) in [6.07, 6.45) is 5.05. The van der Waals surface area contributed by atoms with E-state index in [1.54, 1.807) is 18.9 Å². The Kier molecular flexibility index (Phi) is 6.44. The molecule has 0 unspecified atom stereocenters. The number of ether oxygens (including phenoxy) is 1. The van der Waals surface area contributed by atoms with Crippen molar-refractivity contribution in [3.63, 3.8) is 0 Å². The molecule has 1 aromatic carbocycles. The number of rotatable bonds is 7. The zero-order valence-corrected chi connectivity index (χ0v) is 14.0. The highest BCUT2D eigenvalue weighted by atomic mass is 16.5. The van der Waals surface area contributed by atoms with E-state index in [4.69, 9.17) is 4.74 Å². The Hall–Kier alpha value is -2.04. The van der Waals surface area contributed by atoms with Crippen molar-refractivity contribution in [2.24, 2.45) is 0 Å². The van der Waals surface area contributed by atoms with E-state index < -0.39 is 0 Å². The van der Waals surface area contributed by atoms with Crippen molar-refractivity contribution in [1.29, 1.82) is 0 Å². The molecule has 23 heavy (non-hydrogen) atoms. The quantitative estimate of drug-likeness (QED) is 0.838. The highest BCUT2D eigenvalue weighted by Crippen LogP contribution is 2.23. The fourth-order valence-electron chi connectivity index (χ4n) is 3.10. The van der Waals surface area contributed by atoms with Crippen molar-refractivity contribution in [2.45, 2.75) is 45.1 Å². The molecule has 0 saturated heterocycles. The zero-order valence-electron chi connectivity index (χ0n) is 14.0. The lowest BCUT2D eigenvalue weighted by Gasteiger charge is -2.27. The molecule has 0 spiro atoms. The van der Waals surface area contributed by atoms with E-state index >= 15 is 0 Å². The minimum Gasteiger partial charge on any atom is -0.497 e. The lowest BCUT2D eigenvalue weighted by molar-refractivity contribution is -0.136. The summed E-state index contributed by atoms with van der Waals surface area (Å²) in [5.41, 5.74) is 1.11. The molecule has 5 nitrogen and oxygen atoms in total. The predicted molar refractivity (Wildman–Crippen MR) is 89.4 cm³/mol. The second-order valence-electron chi connectivity index (χ2n) is 6.04. The van der Waals surface area contributed by atoms with Crippen LogP contribution in [-0.4, -0.2) is 43.0 Å². The smallest absolute Gasteiger partial charge is 0.239 e. The second-order valence-corrected chi connectivity index (χ2v) is 6.04. The van der Waals surface area contributed by atoms with Gasteiger partial charge in [-0.2, -0.15) is 0 Å². The molecule has 0 heterocycles. The summed E-state index contributed by atoms with van der Waals surface area (Å²) in [6.45, 7) is 2.27. The molecule has 0 radical (unpaired) electrons. The van der Waals surface area contributed by atoms with Gasteiger partial charge in [-0.3, -0.25) is 9.59 Å². The van der Waals surface area contributed by atoms with E-state index in [0.717, 1.165) is 43.4 Å². The molecule has 1 fully saturated rings. The molecule has 126 valence electrons. The first-order chi connectivity index (χ1) is 11.1. The Morgan fingerprint density at radius 2 is 2.04 bits per heavy atom. The fourth-order valence-corrected chi connectivity index (χ4v) is 3.10. The Bertz CT molecular complexity index is 539. The van der Waals surface area contributed by atoms with Gasteiger partial charge in [-0.25, -0.2) is 0 Å². The van der Waals surface area contributed by atoms with E-state index in [1.165, 1.54) is 0 Å². The molecule has 0 atom stereocenters. The van der Waals surface area contributed by atoms with E-state index in [-0.39, 0.29) is 24.4 Å². The predicted octanol–water partition coefficient (Wildman–Crippen LogP) is 2.14. The van der Waals surface area contributed by atoms with Crippen LogP contribution in [0.2, 0.25) is 0 Å². The SMILES string of the molecule is COc1cccc(CCNC(=O)CN(C(C)=O)C2CCCC2)c1. The lowest BCUT2D eigenvalue weighted by atomic mass is 10.1. The van der Waals surface area contributed by atoms with Crippen molar-refractivity contribution in [1.82, 2.24) is 10.2 Å². The summed E-state index contributed by atoms with van der Waals surface area (Å²) in [5.74, 6) is 0.715. The van der Waals surface area contributed by atoms with E-state index in [9.17, 15) is 9.59 Å². The molecule has 1 aliphatic carbocycles. The largest absolute Gasteiger partial charge is 0.497 e. The average Bonchev–Trinajstić information content (AvgIpc) is 3.06. The van der Waals surface area contributed by atoms with Crippen LogP contribution in [0.15, 0.2) is 24.3 Å². The van der Waals surface area contributed by atoms with E-state index in [1.807, 2.05) is 24.3 Å². The number of nitrogens with one attached hydrogen (secondary N) is 1. The number of methoxy groups -OCH3 is 1. The van der Waals surface area contributed by atoms with Crippen LogP contribution in [0.3, 0.4) is 0 Å². The minimum atomic E-state index is -0.0880. The third kappa shape index (κ3) is 5.27. The molecule has 0 aromatic heterocycles. The normalized spacial score (nSPS) is 14.5. The van der Waals surface area contributed by atoms with Gasteiger partial charge in [0, 0.05) is 19.5 Å². The molecule has 1 aromatic rings. The van der Waals surface area contributed by atoms with Gasteiger partial charge < -0.3 is 15.0 Å². The summed E-state index contributed by atoms with van der Waals surface area (Å²) in [7, 11) is 1.64. The van der Waals surface area contributed by atoms with Gasteiger partial charge in [0.05, 0.1) is 13.7 Å². The molecule has 2 rings (SSSR count). The second kappa shape index (κ2) is 8.56. The van der Waals surface area contributed by atoms with Gasteiger partial charge in [0.15, 0.2) is 0 Å².